The van der Waals surface area contributed by atoms with E-state index < -0.39 is 12.1 Å². The fourth-order valence-electron chi connectivity index (χ4n) is 1.73. The van der Waals surface area contributed by atoms with Crippen LogP contribution in [0.4, 0.5) is 4.39 Å². The van der Waals surface area contributed by atoms with Crippen LogP contribution in [0.5, 0.6) is 0 Å². The van der Waals surface area contributed by atoms with Crippen molar-refractivity contribution in [2.75, 3.05) is 14.2 Å². The molecule has 0 unspecified atom stereocenters. The molecule has 1 fully saturated rings. The maximum atomic E-state index is 12.9. The SMILES string of the molecule is C=C(/C=C(/C)C(=C)OC)/C(C)=C\C(=NC)NC(=O)[C@H]1C[C@H]1F. The van der Waals surface area contributed by atoms with Gasteiger partial charge in [-0.25, -0.2) is 4.39 Å². The van der Waals surface area contributed by atoms with E-state index >= 15 is 0 Å². The lowest BCUT2D eigenvalue weighted by Gasteiger charge is -2.08. The number of ether oxygens (including phenoxy) is 1. The van der Waals surface area contributed by atoms with Crippen LogP contribution in [0.3, 0.4) is 0 Å². The topological polar surface area (TPSA) is 50.7 Å². The molecule has 0 bridgehead atoms. The van der Waals surface area contributed by atoms with Crippen molar-refractivity contribution in [3.8, 4) is 0 Å². The number of carbonyl (C=O) groups excluding carboxylic acids is 1. The zero-order valence-electron chi connectivity index (χ0n) is 13.6. The van der Waals surface area contributed by atoms with Gasteiger partial charge in [-0.15, -0.1) is 0 Å². The summed E-state index contributed by atoms with van der Waals surface area (Å²) in [7, 11) is 3.12. The van der Waals surface area contributed by atoms with E-state index in [-0.39, 0.29) is 5.91 Å². The van der Waals surface area contributed by atoms with Gasteiger partial charge in [0, 0.05) is 7.05 Å². The van der Waals surface area contributed by atoms with E-state index in [4.69, 9.17) is 4.74 Å². The third kappa shape index (κ3) is 4.98. The third-order valence-corrected chi connectivity index (χ3v) is 3.48. The van der Waals surface area contributed by atoms with E-state index in [0.717, 1.165) is 16.7 Å². The standard InChI is InChI=1S/C17H23FN2O2/c1-10(7-12(3)13(4)22-6)11(2)8-16(19-5)20-17(21)14-9-15(14)18/h7-8,14-15H,1,4,9H2,2-3,5-6H3,(H,19,20,21)/b11-8-,12-7-/t14-,15+/m0/s1. The maximum absolute atomic E-state index is 12.9. The van der Waals surface area contributed by atoms with Crippen LogP contribution in [0.15, 0.2) is 52.8 Å². The smallest absolute Gasteiger partial charge is 0.231 e. The van der Waals surface area contributed by atoms with E-state index in [1.807, 2.05) is 19.9 Å². The monoisotopic (exact) mass is 306 g/mol. The lowest BCUT2D eigenvalue weighted by molar-refractivity contribution is -0.121. The molecular formula is C17H23FN2O2. The number of allylic oxidation sites excluding steroid dienone is 4. The zero-order chi connectivity index (χ0) is 16.9. The summed E-state index contributed by atoms with van der Waals surface area (Å²) in [5, 5.41) is 2.62. The number of alkyl halides is 1. The Morgan fingerprint density at radius 1 is 1.32 bits per heavy atom. The van der Waals surface area contributed by atoms with Gasteiger partial charge in [0.15, 0.2) is 0 Å². The fourth-order valence-corrected chi connectivity index (χ4v) is 1.73. The third-order valence-electron chi connectivity index (χ3n) is 3.48. The summed E-state index contributed by atoms with van der Waals surface area (Å²) < 4.78 is 17.9. The zero-order valence-corrected chi connectivity index (χ0v) is 13.6. The summed E-state index contributed by atoms with van der Waals surface area (Å²) in [6.45, 7) is 11.5. The normalized spacial score (nSPS) is 22.1. The molecule has 0 heterocycles. The van der Waals surface area contributed by atoms with Crippen molar-refractivity contribution >= 4 is 11.7 Å². The van der Waals surface area contributed by atoms with Gasteiger partial charge in [0.25, 0.3) is 0 Å². The molecule has 5 heteroatoms. The molecule has 1 rings (SSSR count). The van der Waals surface area contributed by atoms with Crippen molar-refractivity contribution in [2.45, 2.75) is 26.4 Å². The number of hydrogen-bond acceptors (Lipinski definition) is 3. The lowest BCUT2D eigenvalue weighted by atomic mass is 10.1. The Labute approximate surface area is 131 Å². The molecule has 4 nitrogen and oxygen atoms in total. The molecule has 0 spiro atoms. The first-order valence-electron chi connectivity index (χ1n) is 7.01. The van der Waals surface area contributed by atoms with E-state index in [1.54, 1.807) is 20.2 Å². The predicted octanol–water partition coefficient (Wildman–Crippen LogP) is 3.10. The predicted molar refractivity (Wildman–Crippen MR) is 87.3 cm³/mol. The lowest BCUT2D eigenvalue weighted by Crippen LogP contribution is -2.31. The van der Waals surface area contributed by atoms with Gasteiger partial charge < -0.3 is 10.1 Å². The van der Waals surface area contributed by atoms with Crippen molar-refractivity contribution in [3.63, 3.8) is 0 Å². The summed E-state index contributed by atoms with van der Waals surface area (Å²) >= 11 is 0. The van der Waals surface area contributed by atoms with Crippen molar-refractivity contribution < 1.29 is 13.9 Å². The van der Waals surface area contributed by atoms with Crippen molar-refractivity contribution in [2.24, 2.45) is 10.9 Å². The van der Waals surface area contributed by atoms with E-state index in [2.05, 4.69) is 23.5 Å². The molecule has 0 aliphatic heterocycles. The van der Waals surface area contributed by atoms with Crippen LogP contribution in [0, 0.1) is 5.92 Å². The number of nitrogens with zero attached hydrogens (tertiary/aromatic N) is 1. The molecule has 0 radical (unpaired) electrons. The molecule has 120 valence electrons. The molecular weight excluding hydrogens is 283 g/mol. The number of rotatable bonds is 6. The highest BCUT2D eigenvalue weighted by atomic mass is 19.1. The maximum Gasteiger partial charge on any atom is 0.231 e. The Balaban J connectivity index is 2.74. The molecule has 0 aromatic carbocycles. The largest absolute Gasteiger partial charge is 0.497 e. The number of hydrogen-bond donors (Lipinski definition) is 1. The molecule has 2 atom stereocenters. The van der Waals surface area contributed by atoms with E-state index in [1.165, 1.54) is 0 Å². The minimum atomic E-state index is -1.02. The van der Waals surface area contributed by atoms with Gasteiger partial charge in [0.1, 0.15) is 17.8 Å². The van der Waals surface area contributed by atoms with E-state index in [0.29, 0.717) is 18.0 Å². The van der Waals surface area contributed by atoms with Crippen LogP contribution in [-0.4, -0.2) is 32.1 Å². The Bertz CT molecular complexity index is 573. The number of nitrogens with one attached hydrogen (secondary N) is 1. The number of halogens is 1. The Hall–Kier alpha value is -2.17. The summed E-state index contributed by atoms with van der Waals surface area (Å²) in [5.41, 5.74) is 2.44. The Morgan fingerprint density at radius 2 is 1.91 bits per heavy atom. The van der Waals surface area contributed by atoms with Crippen LogP contribution in [0.1, 0.15) is 20.3 Å². The number of methoxy groups -OCH3 is 1. The second-order valence-electron chi connectivity index (χ2n) is 5.26. The number of carbonyl (C=O) groups is 1. The van der Waals surface area contributed by atoms with E-state index in [9.17, 15) is 9.18 Å². The summed E-state index contributed by atoms with van der Waals surface area (Å²) in [6, 6.07) is 0. The van der Waals surface area contributed by atoms with Gasteiger partial charge in [0.2, 0.25) is 5.91 Å². The number of aliphatic imine (C=N–C) groups is 1. The van der Waals surface area contributed by atoms with Crippen LogP contribution in [0.25, 0.3) is 0 Å². The van der Waals surface area contributed by atoms with Gasteiger partial charge in [-0.05, 0) is 49.1 Å². The first-order valence-corrected chi connectivity index (χ1v) is 7.01. The Morgan fingerprint density at radius 3 is 2.36 bits per heavy atom. The highest BCUT2D eigenvalue weighted by Crippen LogP contribution is 2.33. The molecule has 1 saturated carbocycles. The van der Waals surface area contributed by atoms with Gasteiger partial charge in [-0.1, -0.05) is 13.2 Å². The average Bonchev–Trinajstić information content (AvgIpc) is 3.22. The average molecular weight is 306 g/mol. The quantitative estimate of drug-likeness (QED) is 0.355. The van der Waals surface area contributed by atoms with Crippen LogP contribution >= 0.6 is 0 Å². The molecule has 0 aromatic rings. The summed E-state index contributed by atoms with van der Waals surface area (Å²) in [4.78, 5) is 15.7. The first kappa shape index (κ1) is 17.9. The minimum Gasteiger partial charge on any atom is -0.497 e. The Kier molecular flexibility index (Phi) is 6.28. The van der Waals surface area contributed by atoms with Crippen LogP contribution in [-0.2, 0) is 9.53 Å². The van der Waals surface area contributed by atoms with Crippen molar-refractivity contribution in [1.29, 1.82) is 0 Å². The molecule has 0 saturated heterocycles. The van der Waals surface area contributed by atoms with Crippen LogP contribution in [0.2, 0.25) is 0 Å². The molecule has 1 amide bonds. The minimum absolute atomic E-state index is 0.291. The van der Waals surface area contributed by atoms with Gasteiger partial charge in [0.05, 0.1) is 13.0 Å². The fraction of sp³-hybridized carbons (Fsp3) is 0.412. The second kappa shape index (κ2) is 7.73. The summed E-state index contributed by atoms with van der Waals surface area (Å²) in [5.74, 6) is 0.0804. The highest BCUT2D eigenvalue weighted by Gasteiger charge is 2.43. The molecule has 22 heavy (non-hydrogen) atoms. The number of amides is 1. The number of amidine groups is 1. The van der Waals surface area contributed by atoms with Gasteiger partial charge >= 0.3 is 0 Å². The van der Waals surface area contributed by atoms with Gasteiger partial charge in [-0.3, -0.25) is 9.79 Å². The summed E-state index contributed by atoms with van der Waals surface area (Å²) in [6.07, 6.45) is 2.81. The first-order chi connectivity index (χ1) is 10.3. The van der Waals surface area contributed by atoms with Crippen LogP contribution < -0.4 is 5.32 Å². The van der Waals surface area contributed by atoms with Crippen molar-refractivity contribution in [3.05, 3.63) is 47.8 Å². The highest BCUT2D eigenvalue weighted by molar-refractivity contribution is 6.06. The molecule has 0 aromatic heterocycles. The van der Waals surface area contributed by atoms with Gasteiger partial charge in [-0.2, -0.15) is 0 Å². The molecule has 1 aliphatic rings. The molecule has 1 N–H and O–H groups in total. The van der Waals surface area contributed by atoms with Crippen molar-refractivity contribution in [1.82, 2.24) is 5.32 Å². The second-order valence-corrected chi connectivity index (χ2v) is 5.26. The molecule has 1 aliphatic carbocycles.